The molecule has 0 bridgehead atoms. The zero-order chi connectivity index (χ0) is 10.1. The molecule has 0 saturated heterocycles. The highest BCUT2D eigenvalue weighted by Gasteiger charge is 2.07. The Balaban J connectivity index is 2.53. The van der Waals surface area contributed by atoms with Crippen molar-refractivity contribution in [1.29, 1.82) is 0 Å². The molecule has 1 aromatic heterocycles. The first-order valence-electron chi connectivity index (χ1n) is 3.91. The van der Waals surface area contributed by atoms with E-state index in [9.17, 15) is 4.79 Å². The summed E-state index contributed by atoms with van der Waals surface area (Å²) in [6.07, 6.45) is 1.68. The van der Waals surface area contributed by atoms with E-state index in [1.54, 1.807) is 18.3 Å². The Morgan fingerprint density at radius 2 is 2.36 bits per heavy atom. The van der Waals surface area contributed by atoms with E-state index in [2.05, 4.69) is 4.37 Å². The average molecular weight is 228 g/mol. The van der Waals surface area contributed by atoms with Crippen LogP contribution >= 0.6 is 23.1 Å². The van der Waals surface area contributed by atoms with Crippen LogP contribution in [0.5, 0.6) is 0 Å². The van der Waals surface area contributed by atoms with Crippen LogP contribution in [0.4, 0.5) is 0 Å². The van der Waals surface area contributed by atoms with Gasteiger partial charge < -0.3 is 5.11 Å². The van der Waals surface area contributed by atoms with Crippen molar-refractivity contribution in [3.63, 3.8) is 0 Å². The predicted molar refractivity (Wildman–Crippen MR) is 56.0 cm³/mol. The molecule has 0 radical (unpaired) electrons. The summed E-state index contributed by atoms with van der Waals surface area (Å²) in [6, 6.07) is 3.48. The first-order chi connectivity index (χ1) is 6.66. The maximum absolute atomic E-state index is 10.5. The lowest BCUT2D eigenvalue weighted by molar-refractivity contribution is -0.136. The van der Waals surface area contributed by atoms with Gasteiger partial charge >= 0.3 is 5.97 Å². The van der Waals surface area contributed by atoms with Crippen molar-refractivity contribution in [3.8, 4) is 0 Å². The topological polar surface area (TPSA) is 50.2 Å². The fourth-order valence-corrected chi connectivity index (χ4v) is 2.27. The summed E-state index contributed by atoms with van der Waals surface area (Å²) in [6.45, 7) is 0. The molecular formula is C9H6ClNO2S. The SMILES string of the molecule is O=C(O)Cc1cc(Cl)c2sncc2c1. The van der Waals surface area contributed by atoms with Crippen LogP contribution in [0, 0.1) is 0 Å². The summed E-state index contributed by atoms with van der Waals surface area (Å²) >= 11 is 7.28. The standard InChI is InChI=1S/C9H6ClNO2S/c10-7-2-5(3-8(12)13)1-6-4-11-14-9(6)7/h1-2,4H,3H2,(H,12,13). The summed E-state index contributed by atoms with van der Waals surface area (Å²) < 4.78 is 4.90. The number of carbonyl (C=O) groups is 1. The minimum Gasteiger partial charge on any atom is -0.481 e. The van der Waals surface area contributed by atoms with E-state index in [1.165, 1.54) is 11.5 Å². The van der Waals surface area contributed by atoms with Gasteiger partial charge in [0, 0.05) is 11.6 Å². The molecule has 0 aliphatic rings. The number of halogens is 1. The van der Waals surface area contributed by atoms with Gasteiger partial charge in [0.25, 0.3) is 0 Å². The number of hydrogen-bond donors (Lipinski definition) is 1. The molecule has 14 heavy (non-hydrogen) atoms. The van der Waals surface area contributed by atoms with E-state index in [4.69, 9.17) is 16.7 Å². The van der Waals surface area contributed by atoms with Crippen LogP contribution in [0.25, 0.3) is 10.1 Å². The zero-order valence-corrected chi connectivity index (χ0v) is 8.60. The number of rotatable bonds is 2. The molecule has 5 heteroatoms. The van der Waals surface area contributed by atoms with Crippen LogP contribution in [0.1, 0.15) is 5.56 Å². The number of carboxylic acid groups (broad SMARTS) is 1. The van der Waals surface area contributed by atoms with Crippen molar-refractivity contribution in [2.24, 2.45) is 0 Å². The lowest BCUT2D eigenvalue weighted by Crippen LogP contribution is -1.99. The van der Waals surface area contributed by atoms with Gasteiger partial charge in [-0.25, -0.2) is 0 Å². The molecule has 0 saturated carbocycles. The third-order valence-electron chi connectivity index (χ3n) is 1.82. The predicted octanol–water partition coefficient (Wildman–Crippen LogP) is 2.58. The van der Waals surface area contributed by atoms with Gasteiger partial charge in [-0.05, 0) is 29.2 Å². The van der Waals surface area contributed by atoms with Crippen molar-refractivity contribution < 1.29 is 9.90 Å². The van der Waals surface area contributed by atoms with Crippen molar-refractivity contribution in [2.75, 3.05) is 0 Å². The van der Waals surface area contributed by atoms with Gasteiger partial charge in [0.1, 0.15) is 0 Å². The minimum atomic E-state index is -0.858. The van der Waals surface area contributed by atoms with Crippen molar-refractivity contribution >= 4 is 39.2 Å². The fraction of sp³-hybridized carbons (Fsp3) is 0.111. The third kappa shape index (κ3) is 1.71. The molecule has 0 aliphatic carbocycles. The maximum Gasteiger partial charge on any atom is 0.307 e. The minimum absolute atomic E-state index is 0.00843. The largest absolute Gasteiger partial charge is 0.481 e. The van der Waals surface area contributed by atoms with Gasteiger partial charge in [-0.3, -0.25) is 4.79 Å². The Bertz CT molecular complexity index is 495. The molecule has 0 aliphatic heterocycles. The summed E-state index contributed by atoms with van der Waals surface area (Å²) in [5, 5.41) is 10.1. The zero-order valence-electron chi connectivity index (χ0n) is 7.03. The molecule has 2 aromatic rings. The van der Waals surface area contributed by atoms with Crippen LogP contribution in [-0.4, -0.2) is 15.4 Å². The van der Waals surface area contributed by atoms with E-state index in [-0.39, 0.29) is 6.42 Å². The highest BCUT2D eigenvalue weighted by atomic mass is 35.5. The molecule has 3 nitrogen and oxygen atoms in total. The number of aromatic nitrogens is 1. The fourth-order valence-electron chi connectivity index (χ4n) is 1.28. The average Bonchev–Trinajstić information content (AvgIpc) is 2.50. The molecule has 0 fully saturated rings. The Kier molecular flexibility index (Phi) is 2.39. The van der Waals surface area contributed by atoms with Crippen molar-refractivity contribution in [1.82, 2.24) is 4.37 Å². The van der Waals surface area contributed by atoms with Gasteiger partial charge in [-0.1, -0.05) is 11.6 Å². The summed E-state index contributed by atoms with van der Waals surface area (Å²) in [7, 11) is 0. The Hall–Kier alpha value is -1.13. The third-order valence-corrected chi connectivity index (χ3v) is 3.08. The number of benzene rings is 1. The highest BCUT2D eigenvalue weighted by molar-refractivity contribution is 7.14. The van der Waals surface area contributed by atoms with Gasteiger partial charge in [0.15, 0.2) is 0 Å². The Labute approximate surface area is 89.1 Å². The maximum atomic E-state index is 10.5. The smallest absolute Gasteiger partial charge is 0.307 e. The normalized spacial score (nSPS) is 10.6. The van der Waals surface area contributed by atoms with E-state index in [1.807, 2.05) is 0 Å². The van der Waals surface area contributed by atoms with Crippen LogP contribution in [-0.2, 0) is 11.2 Å². The highest BCUT2D eigenvalue weighted by Crippen LogP contribution is 2.28. The number of fused-ring (bicyclic) bond motifs is 1. The Morgan fingerprint density at radius 1 is 1.57 bits per heavy atom. The second-order valence-electron chi connectivity index (χ2n) is 2.89. The van der Waals surface area contributed by atoms with Gasteiger partial charge in [0.05, 0.1) is 16.1 Å². The quantitative estimate of drug-likeness (QED) is 0.858. The van der Waals surface area contributed by atoms with Crippen LogP contribution in [0.15, 0.2) is 18.3 Å². The number of aliphatic carboxylic acids is 1. The molecule has 0 atom stereocenters. The molecule has 0 unspecified atom stereocenters. The number of carboxylic acids is 1. The van der Waals surface area contributed by atoms with Crippen LogP contribution in [0.2, 0.25) is 5.02 Å². The molecule has 72 valence electrons. The van der Waals surface area contributed by atoms with E-state index < -0.39 is 5.97 Å². The van der Waals surface area contributed by atoms with Crippen LogP contribution < -0.4 is 0 Å². The molecule has 0 spiro atoms. The van der Waals surface area contributed by atoms with Gasteiger partial charge in [-0.2, -0.15) is 4.37 Å². The lowest BCUT2D eigenvalue weighted by Gasteiger charge is -1.98. The second-order valence-corrected chi connectivity index (χ2v) is 4.10. The van der Waals surface area contributed by atoms with E-state index in [0.29, 0.717) is 10.6 Å². The molecule has 0 amide bonds. The molecule has 2 rings (SSSR count). The lowest BCUT2D eigenvalue weighted by atomic mass is 10.1. The van der Waals surface area contributed by atoms with Crippen molar-refractivity contribution in [2.45, 2.75) is 6.42 Å². The van der Waals surface area contributed by atoms with Gasteiger partial charge in [0.2, 0.25) is 0 Å². The summed E-state index contributed by atoms with van der Waals surface area (Å²) in [5.74, 6) is -0.858. The van der Waals surface area contributed by atoms with E-state index in [0.717, 1.165) is 10.1 Å². The second kappa shape index (κ2) is 3.55. The summed E-state index contributed by atoms with van der Waals surface area (Å²) in [5.41, 5.74) is 0.704. The Morgan fingerprint density at radius 3 is 3.07 bits per heavy atom. The molecule has 1 N–H and O–H groups in total. The molecule has 1 heterocycles. The molecule has 1 aromatic carbocycles. The number of hydrogen-bond acceptors (Lipinski definition) is 3. The van der Waals surface area contributed by atoms with Crippen LogP contribution in [0.3, 0.4) is 0 Å². The number of nitrogens with zero attached hydrogens (tertiary/aromatic N) is 1. The molecular weight excluding hydrogens is 222 g/mol. The first kappa shape index (κ1) is 9.43. The monoisotopic (exact) mass is 227 g/mol. The van der Waals surface area contributed by atoms with Crippen molar-refractivity contribution in [3.05, 3.63) is 28.9 Å². The summed E-state index contributed by atoms with van der Waals surface area (Å²) in [4.78, 5) is 10.5. The first-order valence-corrected chi connectivity index (χ1v) is 5.06. The van der Waals surface area contributed by atoms with Gasteiger partial charge in [-0.15, -0.1) is 0 Å². The van der Waals surface area contributed by atoms with E-state index >= 15 is 0 Å².